The summed E-state index contributed by atoms with van der Waals surface area (Å²) in [5, 5.41) is 30.7. The predicted molar refractivity (Wildman–Crippen MR) is 132 cm³/mol. The minimum absolute atomic E-state index is 0.0153. The van der Waals surface area contributed by atoms with Gasteiger partial charge in [-0.2, -0.15) is 0 Å². The van der Waals surface area contributed by atoms with Gasteiger partial charge in [-0.3, -0.25) is 4.79 Å². The van der Waals surface area contributed by atoms with Crippen LogP contribution in [-0.4, -0.2) is 49.4 Å². The van der Waals surface area contributed by atoms with Crippen LogP contribution in [-0.2, 0) is 4.74 Å². The standard InChI is InChI=1S/C27H24O10/c1-32-12-22-26(13-4-6-16(28)19(8-13)34-3)36-20-9-14(5-7-18(20)35-22)27-25(31)24(30)23-17(29)10-15(33-2)11-21(23)37-27/h4-11,22,26,28-29,31H,12H2,1-3H3. The fourth-order valence-electron chi connectivity index (χ4n) is 4.29. The van der Waals surface area contributed by atoms with Gasteiger partial charge < -0.3 is 43.4 Å². The molecule has 1 aromatic heterocycles. The number of hydrogen-bond donors (Lipinski definition) is 3. The molecule has 1 aliphatic heterocycles. The summed E-state index contributed by atoms with van der Waals surface area (Å²) in [6.45, 7) is 0.223. The second-order valence-corrected chi connectivity index (χ2v) is 8.37. The number of aromatic hydroxyl groups is 3. The van der Waals surface area contributed by atoms with Gasteiger partial charge in [0.25, 0.3) is 0 Å². The smallest absolute Gasteiger partial charge is 0.238 e. The molecule has 0 radical (unpaired) electrons. The van der Waals surface area contributed by atoms with E-state index in [1.165, 1.54) is 32.4 Å². The van der Waals surface area contributed by atoms with Crippen molar-refractivity contribution in [3.63, 3.8) is 0 Å². The summed E-state index contributed by atoms with van der Waals surface area (Å²) in [4.78, 5) is 12.9. The van der Waals surface area contributed by atoms with Crippen LogP contribution >= 0.6 is 0 Å². The van der Waals surface area contributed by atoms with Crippen LogP contribution in [0.25, 0.3) is 22.3 Å². The van der Waals surface area contributed by atoms with E-state index in [0.717, 1.165) is 0 Å². The molecule has 0 spiro atoms. The molecule has 2 unspecified atom stereocenters. The van der Waals surface area contributed by atoms with E-state index in [1.807, 2.05) is 0 Å². The molecule has 0 saturated carbocycles. The zero-order valence-electron chi connectivity index (χ0n) is 20.2. The Morgan fingerprint density at radius 3 is 2.41 bits per heavy atom. The second-order valence-electron chi connectivity index (χ2n) is 8.37. The van der Waals surface area contributed by atoms with Gasteiger partial charge in [0, 0.05) is 30.4 Å². The molecule has 0 aliphatic carbocycles. The number of phenols is 2. The first-order chi connectivity index (χ1) is 17.8. The maximum Gasteiger partial charge on any atom is 0.238 e. The molecule has 10 heteroatoms. The summed E-state index contributed by atoms with van der Waals surface area (Å²) >= 11 is 0. The summed E-state index contributed by atoms with van der Waals surface area (Å²) in [5.41, 5.74) is 0.267. The monoisotopic (exact) mass is 508 g/mol. The molecule has 0 amide bonds. The Morgan fingerprint density at radius 2 is 1.68 bits per heavy atom. The molecule has 0 fully saturated rings. The van der Waals surface area contributed by atoms with Gasteiger partial charge in [-0.1, -0.05) is 6.07 Å². The van der Waals surface area contributed by atoms with Gasteiger partial charge in [-0.05, 0) is 30.3 Å². The first-order valence-corrected chi connectivity index (χ1v) is 11.2. The lowest BCUT2D eigenvalue weighted by Crippen LogP contribution is -2.36. The number of ether oxygens (including phenoxy) is 5. The molecule has 192 valence electrons. The molecule has 1 aliphatic rings. The van der Waals surface area contributed by atoms with E-state index in [1.54, 1.807) is 37.4 Å². The van der Waals surface area contributed by atoms with Crippen LogP contribution in [0.3, 0.4) is 0 Å². The second kappa shape index (κ2) is 9.47. The largest absolute Gasteiger partial charge is 0.507 e. The highest BCUT2D eigenvalue weighted by Crippen LogP contribution is 2.44. The van der Waals surface area contributed by atoms with Crippen molar-refractivity contribution in [1.82, 2.24) is 0 Å². The quantitative estimate of drug-likeness (QED) is 0.349. The van der Waals surface area contributed by atoms with Crippen LogP contribution in [0.4, 0.5) is 0 Å². The van der Waals surface area contributed by atoms with Gasteiger partial charge in [0.15, 0.2) is 41.0 Å². The molecule has 2 atom stereocenters. The minimum atomic E-state index is -0.791. The van der Waals surface area contributed by atoms with E-state index in [2.05, 4.69) is 0 Å². The van der Waals surface area contributed by atoms with E-state index in [0.29, 0.717) is 22.6 Å². The molecule has 3 aromatic carbocycles. The van der Waals surface area contributed by atoms with Crippen LogP contribution in [0.2, 0.25) is 0 Å². The fourth-order valence-corrected chi connectivity index (χ4v) is 4.29. The summed E-state index contributed by atoms with van der Waals surface area (Å²) < 4.78 is 34.0. The Morgan fingerprint density at radius 1 is 0.865 bits per heavy atom. The van der Waals surface area contributed by atoms with Crippen molar-refractivity contribution >= 4 is 11.0 Å². The summed E-state index contributed by atoms with van der Waals surface area (Å²) in [6.07, 6.45) is -1.14. The zero-order valence-corrected chi connectivity index (χ0v) is 20.2. The van der Waals surface area contributed by atoms with Gasteiger partial charge in [-0.15, -0.1) is 0 Å². The van der Waals surface area contributed by atoms with Crippen molar-refractivity contribution in [2.75, 3.05) is 27.9 Å². The molecular formula is C27H24O10. The van der Waals surface area contributed by atoms with E-state index >= 15 is 0 Å². The molecule has 2 heterocycles. The van der Waals surface area contributed by atoms with Gasteiger partial charge >= 0.3 is 0 Å². The van der Waals surface area contributed by atoms with Crippen LogP contribution in [0.1, 0.15) is 11.7 Å². The predicted octanol–water partition coefficient (Wildman–Crippen LogP) is 4.12. The van der Waals surface area contributed by atoms with Crippen molar-refractivity contribution in [3.8, 4) is 51.6 Å². The first-order valence-electron chi connectivity index (χ1n) is 11.2. The Bertz CT molecular complexity index is 1540. The highest BCUT2D eigenvalue weighted by Gasteiger charge is 2.34. The Balaban J connectivity index is 1.59. The summed E-state index contributed by atoms with van der Waals surface area (Å²) in [7, 11) is 4.41. The number of methoxy groups -OCH3 is 3. The Hall–Kier alpha value is -4.57. The lowest BCUT2D eigenvalue weighted by atomic mass is 10.0. The van der Waals surface area contributed by atoms with Crippen molar-refractivity contribution in [1.29, 1.82) is 0 Å². The third-order valence-corrected chi connectivity index (χ3v) is 6.10. The molecule has 37 heavy (non-hydrogen) atoms. The molecular weight excluding hydrogens is 484 g/mol. The van der Waals surface area contributed by atoms with Crippen LogP contribution in [0.5, 0.6) is 40.2 Å². The highest BCUT2D eigenvalue weighted by atomic mass is 16.6. The number of rotatable bonds is 6. The summed E-state index contributed by atoms with van der Waals surface area (Å²) in [6, 6.07) is 12.4. The van der Waals surface area contributed by atoms with Crippen molar-refractivity contribution < 1.29 is 43.4 Å². The molecule has 10 nitrogen and oxygen atoms in total. The Kier molecular flexibility index (Phi) is 6.18. The van der Waals surface area contributed by atoms with E-state index in [9.17, 15) is 20.1 Å². The number of hydrogen-bond acceptors (Lipinski definition) is 10. The maximum absolute atomic E-state index is 12.9. The lowest BCUT2D eigenvalue weighted by Gasteiger charge is -2.34. The highest BCUT2D eigenvalue weighted by molar-refractivity contribution is 5.88. The zero-order chi connectivity index (χ0) is 26.3. The average molecular weight is 508 g/mol. The van der Waals surface area contributed by atoms with E-state index in [-0.39, 0.29) is 46.3 Å². The van der Waals surface area contributed by atoms with Crippen molar-refractivity contribution in [2.45, 2.75) is 12.2 Å². The summed E-state index contributed by atoms with van der Waals surface area (Å²) in [5.74, 6) is 0.149. The van der Waals surface area contributed by atoms with E-state index < -0.39 is 23.4 Å². The topological polar surface area (TPSA) is 137 Å². The molecule has 5 rings (SSSR count). The number of fused-ring (bicyclic) bond motifs is 2. The Labute approximate surface area is 210 Å². The van der Waals surface area contributed by atoms with Crippen molar-refractivity contribution in [2.24, 2.45) is 0 Å². The minimum Gasteiger partial charge on any atom is -0.507 e. The average Bonchev–Trinajstić information content (AvgIpc) is 2.90. The van der Waals surface area contributed by atoms with E-state index in [4.69, 9.17) is 28.1 Å². The first kappa shape index (κ1) is 24.1. The van der Waals surface area contributed by atoms with Crippen LogP contribution in [0, 0.1) is 0 Å². The molecule has 4 aromatic rings. The molecule has 3 N–H and O–H groups in total. The molecule has 0 bridgehead atoms. The SMILES string of the molecule is COCC1Oc2ccc(-c3oc4cc(OC)cc(O)c4c(=O)c3O)cc2OC1c1ccc(O)c(OC)c1. The van der Waals surface area contributed by atoms with Crippen LogP contribution in [0.15, 0.2) is 57.7 Å². The maximum atomic E-state index is 12.9. The van der Waals surface area contributed by atoms with Crippen molar-refractivity contribution in [3.05, 3.63) is 64.3 Å². The lowest BCUT2D eigenvalue weighted by molar-refractivity contribution is -0.0239. The van der Waals surface area contributed by atoms with Gasteiger partial charge in [-0.25, -0.2) is 0 Å². The van der Waals surface area contributed by atoms with Gasteiger partial charge in [0.05, 0.1) is 20.8 Å². The van der Waals surface area contributed by atoms with Gasteiger partial charge in [0.1, 0.15) is 22.5 Å². The number of phenolic OH excluding ortho intramolecular Hbond substituents is 2. The number of benzene rings is 3. The molecule has 0 saturated heterocycles. The van der Waals surface area contributed by atoms with Crippen LogP contribution < -0.4 is 24.4 Å². The fraction of sp³-hybridized carbons (Fsp3) is 0.222. The third-order valence-electron chi connectivity index (χ3n) is 6.10. The normalized spacial score (nSPS) is 16.5. The van der Waals surface area contributed by atoms with Gasteiger partial charge in [0.2, 0.25) is 11.2 Å². The third kappa shape index (κ3) is 4.21.